The van der Waals surface area contributed by atoms with Gasteiger partial charge in [0, 0.05) is 0 Å². The Kier molecular flexibility index (Phi) is 3.35. The topological polar surface area (TPSA) is 75.1 Å². The van der Waals surface area contributed by atoms with Crippen molar-refractivity contribution in [2.45, 2.75) is 19.4 Å². The zero-order chi connectivity index (χ0) is 12.3. The highest BCUT2D eigenvalue weighted by molar-refractivity contribution is 6.33. The fraction of sp³-hybridized carbons (Fsp3) is 0.300. The standard InChI is InChI=1S/C10H10ClN3O2/c1-4-10(2,3)14-9-12-5-6(11)7(13-9)8(15)16/h1,5H,2-3H3,(H,15,16)(H,12,13,14). The number of halogens is 1. The molecule has 0 unspecified atom stereocenters. The van der Waals surface area contributed by atoms with E-state index in [2.05, 4.69) is 21.2 Å². The smallest absolute Gasteiger partial charge is 0.356 e. The molecule has 0 radical (unpaired) electrons. The van der Waals surface area contributed by atoms with Crippen molar-refractivity contribution in [1.29, 1.82) is 0 Å². The van der Waals surface area contributed by atoms with Crippen LogP contribution in [0.2, 0.25) is 5.02 Å². The maximum absolute atomic E-state index is 10.8. The van der Waals surface area contributed by atoms with E-state index in [-0.39, 0.29) is 16.7 Å². The first-order valence-electron chi connectivity index (χ1n) is 4.37. The van der Waals surface area contributed by atoms with Gasteiger partial charge in [-0.15, -0.1) is 6.42 Å². The van der Waals surface area contributed by atoms with Crippen LogP contribution in [0.4, 0.5) is 5.95 Å². The fourth-order valence-electron chi connectivity index (χ4n) is 0.893. The van der Waals surface area contributed by atoms with Crippen LogP contribution in [-0.4, -0.2) is 26.6 Å². The minimum Gasteiger partial charge on any atom is -0.476 e. The predicted octanol–water partition coefficient (Wildman–Crippen LogP) is 1.65. The number of nitrogens with one attached hydrogen (secondary N) is 1. The second-order valence-electron chi connectivity index (χ2n) is 3.59. The molecule has 0 atom stereocenters. The van der Waals surface area contributed by atoms with Crippen LogP contribution >= 0.6 is 11.6 Å². The third kappa shape index (κ3) is 2.84. The first-order valence-corrected chi connectivity index (χ1v) is 4.75. The molecule has 1 aromatic rings. The number of hydrogen-bond donors (Lipinski definition) is 2. The van der Waals surface area contributed by atoms with E-state index in [1.54, 1.807) is 13.8 Å². The van der Waals surface area contributed by atoms with Gasteiger partial charge < -0.3 is 10.4 Å². The molecule has 16 heavy (non-hydrogen) atoms. The maximum Gasteiger partial charge on any atom is 0.356 e. The Bertz CT molecular complexity index is 466. The molecule has 0 aliphatic carbocycles. The summed E-state index contributed by atoms with van der Waals surface area (Å²) < 4.78 is 0. The van der Waals surface area contributed by atoms with Crippen molar-refractivity contribution in [2.75, 3.05) is 5.32 Å². The molecule has 0 saturated heterocycles. The van der Waals surface area contributed by atoms with E-state index in [1.165, 1.54) is 6.20 Å². The van der Waals surface area contributed by atoms with Crippen molar-refractivity contribution in [3.63, 3.8) is 0 Å². The zero-order valence-corrected chi connectivity index (χ0v) is 9.54. The molecule has 6 heteroatoms. The van der Waals surface area contributed by atoms with E-state index in [0.29, 0.717) is 0 Å². The number of carboxylic acid groups (broad SMARTS) is 1. The average molecular weight is 240 g/mol. The second-order valence-corrected chi connectivity index (χ2v) is 4.00. The van der Waals surface area contributed by atoms with Gasteiger partial charge in [-0.25, -0.2) is 14.8 Å². The van der Waals surface area contributed by atoms with Gasteiger partial charge in [0.2, 0.25) is 5.95 Å². The number of carboxylic acids is 1. The van der Waals surface area contributed by atoms with Gasteiger partial charge in [-0.1, -0.05) is 17.5 Å². The monoisotopic (exact) mass is 239 g/mol. The Balaban J connectivity index is 3.06. The minimum atomic E-state index is -1.21. The lowest BCUT2D eigenvalue weighted by Gasteiger charge is -2.19. The van der Waals surface area contributed by atoms with E-state index in [4.69, 9.17) is 23.1 Å². The quantitative estimate of drug-likeness (QED) is 0.785. The number of nitrogens with zero attached hydrogens (tertiary/aromatic N) is 2. The first kappa shape index (κ1) is 12.3. The molecule has 0 amide bonds. The highest BCUT2D eigenvalue weighted by atomic mass is 35.5. The fourth-order valence-corrected chi connectivity index (χ4v) is 1.06. The SMILES string of the molecule is C#CC(C)(C)Nc1ncc(Cl)c(C(=O)O)n1. The molecule has 0 aliphatic rings. The van der Waals surface area contributed by atoms with Gasteiger partial charge in [0.1, 0.15) is 0 Å². The Hall–Kier alpha value is -1.80. The van der Waals surface area contributed by atoms with Crippen LogP contribution in [0.5, 0.6) is 0 Å². The molecule has 0 aliphatic heterocycles. The third-order valence-electron chi connectivity index (χ3n) is 1.73. The van der Waals surface area contributed by atoms with E-state index in [9.17, 15) is 4.79 Å². The Morgan fingerprint density at radius 1 is 1.69 bits per heavy atom. The van der Waals surface area contributed by atoms with E-state index >= 15 is 0 Å². The van der Waals surface area contributed by atoms with Crippen LogP contribution in [-0.2, 0) is 0 Å². The zero-order valence-electron chi connectivity index (χ0n) is 8.78. The van der Waals surface area contributed by atoms with Gasteiger partial charge in [0.05, 0.1) is 16.8 Å². The molecular weight excluding hydrogens is 230 g/mol. The van der Waals surface area contributed by atoms with Crippen LogP contribution in [0.15, 0.2) is 6.20 Å². The predicted molar refractivity (Wildman–Crippen MR) is 60.5 cm³/mol. The number of aromatic nitrogens is 2. The van der Waals surface area contributed by atoms with E-state index < -0.39 is 11.5 Å². The summed E-state index contributed by atoms with van der Waals surface area (Å²) in [4.78, 5) is 18.4. The highest BCUT2D eigenvalue weighted by Crippen LogP contribution is 2.16. The van der Waals surface area contributed by atoms with Crippen molar-refractivity contribution < 1.29 is 9.90 Å². The molecule has 5 nitrogen and oxygen atoms in total. The summed E-state index contributed by atoms with van der Waals surface area (Å²) >= 11 is 5.62. The van der Waals surface area contributed by atoms with Gasteiger partial charge in [-0.05, 0) is 13.8 Å². The molecule has 0 spiro atoms. The summed E-state index contributed by atoms with van der Waals surface area (Å²) in [7, 11) is 0. The molecule has 0 saturated carbocycles. The Morgan fingerprint density at radius 2 is 2.31 bits per heavy atom. The molecule has 0 fully saturated rings. The Morgan fingerprint density at radius 3 is 2.81 bits per heavy atom. The Labute approximate surface area is 97.9 Å². The molecule has 1 rings (SSSR count). The van der Waals surface area contributed by atoms with Gasteiger partial charge in [-0.2, -0.15) is 0 Å². The molecule has 0 aromatic carbocycles. The van der Waals surface area contributed by atoms with E-state index in [1.807, 2.05) is 0 Å². The van der Waals surface area contributed by atoms with Crippen molar-refractivity contribution in [2.24, 2.45) is 0 Å². The van der Waals surface area contributed by atoms with Crippen molar-refractivity contribution in [3.05, 3.63) is 16.9 Å². The van der Waals surface area contributed by atoms with Crippen molar-refractivity contribution in [1.82, 2.24) is 9.97 Å². The van der Waals surface area contributed by atoms with Crippen LogP contribution in [0.3, 0.4) is 0 Å². The first-order chi connectivity index (χ1) is 7.35. The average Bonchev–Trinajstić information content (AvgIpc) is 2.20. The largest absolute Gasteiger partial charge is 0.476 e. The normalized spacial score (nSPS) is 10.6. The second kappa shape index (κ2) is 4.37. The number of hydrogen-bond acceptors (Lipinski definition) is 4. The summed E-state index contributed by atoms with van der Waals surface area (Å²) in [5.74, 6) is 1.40. The molecule has 84 valence electrons. The summed E-state index contributed by atoms with van der Waals surface area (Å²) in [5, 5.41) is 11.6. The van der Waals surface area contributed by atoms with Crippen LogP contribution in [0, 0.1) is 12.3 Å². The lowest BCUT2D eigenvalue weighted by molar-refractivity contribution is 0.0690. The number of aromatic carboxylic acids is 1. The van der Waals surface area contributed by atoms with Gasteiger partial charge in [0.15, 0.2) is 5.69 Å². The van der Waals surface area contributed by atoms with Crippen LogP contribution < -0.4 is 5.32 Å². The number of terminal acetylenes is 1. The number of carbonyl (C=O) groups is 1. The lowest BCUT2D eigenvalue weighted by atomic mass is 10.1. The lowest BCUT2D eigenvalue weighted by Crippen LogP contribution is -2.29. The van der Waals surface area contributed by atoms with Gasteiger partial charge in [0.25, 0.3) is 0 Å². The van der Waals surface area contributed by atoms with E-state index in [0.717, 1.165) is 0 Å². The van der Waals surface area contributed by atoms with Crippen molar-refractivity contribution in [3.8, 4) is 12.3 Å². The van der Waals surface area contributed by atoms with Crippen LogP contribution in [0.1, 0.15) is 24.3 Å². The molecule has 2 N–H and O–H groups in total. The molecule has 0 bridgehead atoms. The summed E-state index contributed by atoms with van der Waals surface area (Å²) in [6, 6.07) is 0. The summed E-state index contributed by atoms with van der Waals surface area (Å²) in [6.45, 7) is 3.48. The summed E-state index contributed by atoms with van der Waals surface area (Å²) in [6.07, 6.45) is 6.49. The molecular formula is C10H10ClN3O2. The summed E-state index contributed by atoms with van der Waals surface area (Å²) in [5.41, 5.74) is -0.921. The number of anilines is 1. The van der Waals surface area contributed by atoms with Crippen LogP contribution in [0.25, 0.3) is 0 Å². The maximum atomic E-state index is 10.8. The molecule has 1 aromatic heterocycles. The molecule has 1 heterocycles. The number of rotatable bonds is 3. The van der Waals surface area contributed by atoms with Gasteiger partial charge >= 0.3 is 5.97 Å². The minimum absolute atomic E-state index is 0.0171. The van der Waals surface area contributed by atoms with Crippen molar-refractivity contribution >= 4 is 23.5 Å². The van der Waals surface area contributed by atoms with Gasteiger partial charge in [-0.3, -0.25) is 0 Å². The highest BCUT2D eigenvalue weighted by Gasteiger charge is 2.17. The third-order valence-corrected chi connectivity index (χ3v) is 2.01.